The second-order valence-electron chi connectivity index (χ2n) is 7.97. The van der Waals surface area contributed by atoms with E-state index >= 15 is 0 Å². The van der Waals surface area contributed by atoms with Gasteiger partial charge in [-0.1, -0.05) is 49.6 Å². The molecule has 0 heterocycles. The molecule has 0 unspecified atom stereocenters. The van der Waals surface area contributed by atoms with E-state index in [2.05, 4.69) is 15.4 Å². The molecule has 0 saturated heterocycles. The fraction of sp³-hybridized carbons (Fsp3) is 0.333. The Morgan fingerprint density at radius 3 is 2.45 bits per heavy atom. The maximum Gasteiger partial charge on any atom is 0.233 e. The van der Waals surface area contributed by atoms with Gasteiger partial charge < -0.3 is 10.6 Å². The number of sulfonamides is 1. The molecule has 1 aliphatic carbocycles. The van der Waals surface area contributed by atoms with Crippen LogP contribution in [-0.4, -0.2) is 26.8 Å². The number of hydrogen-bond acceptors (Lipinski definition) is 4. The summed E-state index contributed by atoms with van der Waals surface area (Å²) in [4.78, 5) is 24.6. The Bertz CT molecular complexity index is 1100. The minimum absolute atomic E-state index is 0.00938. The Balaban J connectivity index is 1.49. The van der Waals surface area contributed by atoms with Gasteiger partial charge in [0.2, 0.25) is 21.8 Å². The van der Waals surface area contributed by atoms with E-state index in [9.17, 15) is 22.4 Å². The van der Waals surface area contributed by atoms with E-state index in [4.69, 9.17) is 0 Å². The maximum absolute atomic E-state index is 14.2. The van der Waals surface area contributed by atoms with Gasteiger partial charge in [-0.15, -0.1) is 0 Å². The van der Waals surface area contributed by atoms with E-state index in [0.717, 1.165) is 43.1 Å². The van der Waals surface area contributed by atoms with Crippen LogP contribution in [0.4, 0.5) is 15.8 Å². The van der Waals surface area contributed by atoms with Crippen molar-refractivity contribution in [1.29, 1.82) is 0 Å². The summed E-state index contributed by atoms with van der Waals surface area (Å²) < 4.78 is 40.6. The molecule has 7 nitrogen and oxygen atoms in total. The second-order valence-corrected chi connectivity index (χ2v) is 9.62. The summed E-state index contributed by atoms with van der Waals surface area (Å²) in [6, 6.07) is 12.9. The fourth-order valence-electron chi connectivity index (χ4n) is 3.61. The van der Waals surface area contributed by atoms with Crippen molar-refractivity contribution in [1.82, 2.24) is 4.72 Å². The number of nitrogens with one attached hydrogen (secondary N) is 3. The van der Waals surface area contributed by atoms with Crippen molar-refractivity contribution in [2.75, 3.05) is 17.2 Å². The van der Waals surface area contributed by atoms with Crippen molar-refractivity contribution < 1.29 is 22.4 Å². The second kappa shape index (κ2) is 11.7. The largest absolute Gasteiger partial charge is 0.326 e. The maximum atomic E-state index is 14.2. The van der Waals surface area contributed by atoms with Gasteiger partial charge in [0.25, 0.3) is 0 Å². The Hall–Kier alpha value is -3.04. The van der Waals surface area contributed by atoms with E-state index < -0.39 is 21.7 Å². The third-order valence-electron chi connectivity index (χ3n) is 5.38. The molecule has 1 aliphatic rings. The predicted octanol–water partition coefficient (Wildman–Crippen LogP) is 4.26. The Morgan fingerprint density at radius 1 is 1.00 bits per heavy atom. The van der Waals surface area contributed by atoms with Gasteiger partial charge in [0, 0.05) is 30.0 Å². The Labute approximate surface area is 193 Å². The molecule has 2 amide bonds. The highest BCUT2D eigenvalue weighted by Gasteiger charge is 2.22. The van der Waals surface area contributed by atoms with Crippen molar-refractivity contribution in [3.8, 4) is 0 Å². The van der Waals surface area contributed by atoms with Crippen molar-refractivity contribution in [2.24, 2.45) is 5.92 Å². The van der Waals surface area contributed by atoms with Gasteiger partial charge in [-0.3, -0.25) is 9.59 Å². The van der Waals surface area contributed by atoms with Crippen LogP contribution in [-0.2, 0) is 19.6 Å². The Morgan fingerprint density at radius 2 is 1.73 bits per heavy atom. The molecule has 33 heavy (non-hydrogen) atoms. The first-order valence-corrected chi connectivity index (χ1v) is 12.5. The summed E-state index contributed by atoms with van der Waals surface area (Å²) in [6.07, 6.45) is 6.02. The van der Waals surface area contributed by atoms with E-state index in [1.54, 1.807) is 24.3 Å². The molecular formula is C24H28FN3O4S. The lowest BCUT2D eigenvalue weighted by molar-refractivity contribution is -0.120. The van der Waals surface area contributed by atoms with Gasteiger partial charge in [-0.25, -0.2) is 17.5 Å². The summed E-state index contributed by atoms with van der Waals surface area (Å²) in [6.45, 7) is -0.0975. The first-order chi connectivity index (χ1) is 15.8. The first kappa shape index (κ1) is 24.6. The molecule has 3 N–H and O–H groups in total. The first-order valence-electron chi connectivity index (χ1n) is 11.0. The van der Waals surface area contributed by atoms with E-state index in [-0.39, 0.29) is 30.5 Å². The SMILES string of the molecule is O=C(CCNS(=O)(=O)/C=C/c1ccccc1)Nc1ccc(F)c(NC(=O)C2CCCCC2)c1. The van der Waals surface area contributed by atoms with Crippen molar-refractivity contribution in [3.05, 3.63) is 65.3 Å². The molecule has 0 bridgehead atoms. The molecule has 2 aromatic carbocycles. The third-order valence-corrected chi connectivity index (χ3v) is 6.48. The van der Waals surface area contributed by atoms with Crippen LogP contribution >= 0.6 is 0 Å². The van der Waals surface area contributed by atoms with Crippen LogP contribution in [0.3, 0.4) is 0 Å². The Kier molecular flexibility index (Phi) is 8.73. The summed E-state index contributed by atoms with van der Waals surface area (Å²) in [5.41, 5.74) is 1.06. The number of hydrogen-bond donors (Lipinski definition) is 3. The van der Waals surface area contributed by atoms with Crippen molar-refractivity contribution >= 4 is 39.3 Å². The average molecular weight is 474 g/mol. The normalized spacial score (nSPS) is 14.8. The fourth-order valence-corrected chi connectivity index (χ4v) is 4.43. The van der Waals surface area contributed by atoms with Crippen LogP contribution in [0.5, 0.6) is 0 Å². The number of halogens is 1. The topological polar surface area (TPSA) is 104 Å². The molecule has 0 aromatic heterocycles. The van der Waals surface area contributed by atoms with Gasteiger partial charge in [0.05, 0.1) is 5.69 Å². The minimum atomic E-state index is -3.69. The number of rotatable bonds is 9. The predicted molar refractivity (Wildman–Crippen MR) is 127 cm³/mol. The molecule has 0 radical (unpaired) electrons. The van der Waals surface area contributed by atoms with Crippen LogP contribution in [0.1, 0.15) is 44.1 Å². The quantitative estimate of drug-likeness (QED) is 0.506. The van der Waals surface area contributed by atoms with Crippen LogP contribution < -0.4 is 15.4 Å². The van der Waals surface area contributed by atoms with Crippen LogP contribution in [0.2, 0.25) is 0 Å². The molecule has 176 valence electrons. The molecule has 0 atom stereocenters. The molecule has 1 fully saturated rings. The van der Waals surface area contributed by atoms with Gasteiger partial charge in [0.15, 0.2) is 0 Å². The average Bonchev–Trinajstić information content (AvgIpc) is 2.81. The monoisotopic (exact) mass is 473 g/mol. The molecule has 9 heteroatoms. The summed E-state index contributed by atoms with van der Waals surface area (Å²) in [5, 5.41) is 6.26. The third kappa shape index (κ3) is 8.11. The van der Waals surface area contributed by atoms with Crippen LogP contribution in [0.15, 0.2) is 53.9 Å². The zero-order valence-electron chi connectivity index (χ0n) is 18.2. The molecule has 3 rings (SSSR count). The number of benzene rings is 2. The zero-order chi connectivity index (χ0) is 23.7. The van der Waals surface area contributed by atoms with Crippen LogP contribution in [0, 0.1) is 11.7 Å². The number of carbonyl (C=O) groups excluding carboxylic acids is 2. The van der Waals surface area contributed by atoms with Crippen molar-refractivity contribution in [3.63, 3.8) is 0 Å². The lowest BCUT2D eigenvalue weighted by Gasteiger charge is -2.21. The lowest BCUT2D eigenvalue weighted by atomic mass is 9.88. The molecular weight excluding hydrogens is 445 g/mol. The molecule has 1 saturated carbocycles. The van der Waals surface area contributed by atoms with Gasteiger partial charge >= 0.3 is 0 Å². The van der Waals surface area contributed by atoms with Crippen molar-refractivity contribution in [2.45, 2.75) is 38.5 Å². The molecule has 0 aliphatic heterocycles. The number of amides is 2. The lowest BCUT2D eigenvalue weighted by Crippen LogP contribution is -2.26. The van der Waals surface area contributed by atoms with E-state index in [1.807, 2.05) is 6.07 Å². The zero-order valence-corrected chi connectivity index (χ0v) is 19.0. The highest BCUT2D eigenvalue weighted by atomic mass is 32.2. The van der Waals surface area contributed by atoms with Gasteiger partial charge in [-0.2, -0.15) is 0 Å². The highest BCUT2D eigenvalue weighted by molar-refractivity contribution is 7.92. The molecule has 0 spiro atoms. The highest BCUT2D eigenvalue weighted by Crippen LogP contribution is 2.26. The van der Waals surface area contributed by atoms with E-state index in [0.29, 0.717) is 5.69 Å². The van der Waals surface area contributed by atoms with Gasteiger partial charge in [0.1, 0.15) is 5.82 Å². The van der Waals surface area contributed by atoms with Crippen LogP contribution in [0.25, 0.3) is 6.08 Å². The number of carbonyl (C=O) groups is 2. The molecule has 2 aromatic rings. The van der Waals surface area contributed by atoms with Gasteiger partial charge in [-0.05, 0) is 42.7 Å². The summed E-state index contributed by atoms with van der Waals surface area (Å²) in [5.74, 6) is -1.37. The standard InChI is InChI=1S/C24H28FN3O4S/c25-21-12-11-20(17-22(21)28-24(30)19-9-5-2-6-10-19)27-23(29)13-15-26-33(31,32)16-14-18-7-3-1-4-8-18/h1,3-4,7-8,11-12,14,16-17,19,26H,2,5-6,9-10,13,15H2,(H,27,29)(H,28,30)/b16-14+. The smallest absolute Gasteiger partial charge is 0.233 e. The summed E-state index contributed by atoms with van der Waals surface area (Å²) >= 11 is 0. The minimum Gasteiger partial charge on any atom is -0.326 e. The number of anilines is 2. The summed E-state index contributed by atoms with van der Waals surface area (Å²) in [7, 11) is -3.69. The van der Waals surface area contributed by atoms with E-state index in [1.165, 1.54) is 24.3 Å².